The van der Waals surface area contributed by atoms with Gasteiger partial charge in [-0.2, -0.15) is 0 Å². The minimum absolute atomic E-state index is 0.195. The molecule has 6 nitrogen and oxygen atoms in total. The number of hydrogen-bond donors (Lipinski definition) is 1. The second-order valence-electron chi connectivity index (χ2n) is 7.36. The van der Waals surface area contributed by atoms with Crippen LogP contribution in [-0.4, -0.2) is 34.2 Å². The number of carbonyl (C=O) groups is 1. The summed E-state index contributed by atoms with van der Waals surface area (Å²) in [6.45, 7) is 3.96. The fourth-order valence-corrected chi connectivity index (χ4v) is 5.28. The Morgan fingerprint density at radius 2 is 1.61 bits per heavy atom. The lowest BCUT2D eigenvalue weighted by Gasteiger charge is -2.23. The first-order valence-corrected chi connectivity index (χ1v) is 13.2. The van der Waals surface area contributed by atoms with Crippen molar-refractivity contribution in [3.05, 3.63) is 83.9 Å². The normalized spacial score (nSPS) is 12.1. The molecule has 1 N–H and O–H groups in total. The molecule has 0 bridgehead atoms. The molecule has 0 fully saturated rings. The molecule has 0 saturated carbocycles. The first-order valence-electron chi connectivity index (χ1n) is 10.5. The molecule has 0 aliphatic rings. The van der Waals surface area contributed by atoms with Gasteiger partial charge in [0.2, 0.25) is 0 Å². The summed E-state index contributed by atoms with van der Waals surface area (Å²) in [7, 11) is -2.10. The summed E-state index contributed by atoms with van der Waals surface area (Å²) in [5.41, 5.74) is 1.92. The van der Waals surface area contributed by atoms with E-state index in [1.807, 2.05) is 37.4 Å². The Hall–Kier alpha value is -2.97. The van der Waals surface area contributed by atoms with Crippen LogP contribution >= 0.6 is 11.8 Å². The molecule has 1 atom stereocenters. The third kappa shape index (κ3) is 5.69. The third-order valence-corrected chi connectivity index (χ3v) is 7.98. The highest BCUT2D eigenvalue weighted by Crippen LogP contribution is 2.26. The molecule has 0 aromatic heterocycles. The Labute approximate surface area is 200 Å². The number of ether oxygens (including phenoxy) is 1. The molecule has 3 aromatic rings. The zero-order valence-corrected chi connectivity index (χ0v) is 20.7. The number of benzene rings is 3. The summed E-state index contributed by atoms with van der Waals surface area (Å²) >= 11 is 1.56. The van der Waals surface area contributed by atoms with Crippen molar-refractivity contribution in [2.75, 3.05) is 24.2 Å². The van der Waals surface area contributed by atoms with Crippen molar-refractivity contribution in [2.24, 2.45) is 0 Å². The highest BCUT2D eigenvalue weighted by Gasteiger charge is 2.24. The summed E-state index contributed by atoms with van der Waals surface area (Å²) in [6.07, 6.45) is 1.94. The topological polar surface area (TPSA) is 75.7 Å². The van der Waals surface area contributed by atoms with Gasteiger partial charge in [0.05, 0.1) is 23.7 Å². The first-order chi connectivity index (χ1) is 15.8. The van der Waals surface area contributed by atoms with Gasteiger partial charge in [-0.05, 0) is 86.3 Å². The van der Waals surface area contributed by atoms with E-state index in [1.54, 1.807) is 74.3 Å². The van der Waals surface area contributed by atoms with E-state index >= 15 is 0 Å². The zero-order valence-electron chi connectivity index (χ0n) is 19.1. The van der Waals surface area contributed by atoms with Crippen LogP contribution in [0.25, 0.3) is 0 Å². The SMILES string of the molecule is CCN(c1ccc(C(=O)N[C@H](C)c2ccc(OC)cc2)cc1)S(=O)(=O)c1ccc(SC)cc1. The lowest BCUT2D eigenvalue weighted by molar-refractivity contribution is 0.0940. The van der Waals surface area contributed by atoms with Crippen LogP contribution in [0.2, 0.25) is 0 Å². The van der Waals surface area contributed by atoms with Gasteiger partial charge in [-0.3, -0.25) is 9.10 Å². The number of thioether (sulfide) groups is 1. The molecule has 0 heterocycles. The second kappa shape index (κ2) is 10.8. The maximum absolute atomic E-state index is 13.2. The maximum atomic E-state index is 13.2. The van der Waals surface area contributed by atoms with E-state index in [2.05, 4.69) is 5.32 Å². The van der Waals surface area contributed by atoms with Crippen LogP contribution < -0.4 is 14.4 Å². The number of amides is 1. The molecule has 0 saturated heterocycles. The van der Waals surface area contributed by atoms with Gasteiger partial charge >= 0.3 is 0 Å². The monoisotopic (exact) mass is 484 g/mol. The van der Waals surface area contributed by atoms with Gasteiger partial charge in [0.1, 0.15) is 5.75 Å². The predicted molar refractivity (Wildman–Crippen MR) is 134 cm³/mol. The minimum Gasteiger partial charge on any atom is -0.497 e. The van der Waals surface area contributed by atoms with Gasteiger partial charge in [-0.25, -0.2) is 8.42 Å². The number of hydrogen-bond acceptors (Lipinski definition) is 5. The van der Waals surface area contributed by atoms with Crippen molar-refractivity contribution in [3.8, 4) is 5.75 Å². The van der Waals surface area contributed by atoms with Crippen LogP contribution in [-0.2, 0) is 10.0 Å². The van der Waals surface area contributed by atoms with Gasteiger partial charge < -0.3 is 10.1 Å². The van der Waals surface area contributed by atoms with E-state index in [9.17, 15) is 13.2 Å². The van der Waals surface area contributed by atoms with Gasteiger partial charge in [0.25, 0.3) is 15.9 Å². The van der Waals surface area contributed by atoms with E-state index in [1.165, 1.54) is 4.31 Å². The maximum Gasteiger partial charge on any atom is 0.264 e. The highest BCUT2D eigenvalue weighted by atomic mass is 32.2. The molecule has 8 heteroatoms. The standard InChI is InChI=1S/C25H28N2O4S2/c1-5-27(33(29,30)24-16-14-23(32-4)15-17-24)21-10-6-20(7-11-21)25(28)26-18(2)19-8-12-22(31-3)13-9-19/h6-18H,5H2,1-4H3,(H,26,28)/t18-/m1/s1. The van der Waals surface area contributed by atoms with Crippen LogP contribution in [0.5, 0.6) is 5.75 Å². The second-order valence-corrected chi connectivity index (χ2v) is 10.1. The van der Waals surface area contributed by atoms with Crippen LogP contribution in [0.4, 0.5) is 5.69 Å². The van der Waals surface area contributed by atoms with Gasteiger partial charge in [-0.15, -0.1) is 11.8 Å². The molecule has 3 aromatic carbocycles. The van der Waals surface area contributed by atoms with Crippen molar-refractivity contribution in [3.63, 3.8) is 0 Å². The zero-order chi connectivity index (χ0) is 24.0. The van der Waals surface area contributed by atoms with Crippen LogP contribution in [0.3, 0.4) is 0 Å². The molecule has 0 unspecified atom stereocenters. The number of methoxy groups -OCH3 is 1. The van der Waals surface area contributed by atoms with Crippen LogP contribution in [0.1, 0.15) is 35.8 Å². The molecule has 0 spiro atoms. The summed E-state index contributed by atoms with van der Waals surface area (Å²) in [5.74, 6) is 0.520. The van der Waals surface area contributed by atoms with E-state index in [4.69, 9.17) is 4.74 Å². The number of nitrogens with zero attached hydrogens (tertiary/aromatic N) is 1. The Morgan fingerprint density at radius 1 is 1.00 bits per heavy atom. The number of rotatable bonds is 9. The number of nitrogens with one attached hydrogen (secondary N) is 1. The lowest BCUT2D eigenvalue weighted by Crippen LogP contribution is -2.31. The molecule has 33 heavy (non-hydrogen) atoms. The Morgan fingerprint density at radius 3 is 2.12 bits per heavy atom. The molecule has 0 aliphatic carbocycles. The number of carbonyl (C=O) groups excluding carboxylic acids is 1. The predicted octanol–water partition coefficient (Wildman–Crippen LogP) is 5.12. The van der Waals surface area contributed by atoms with E-state index < -0.39 is 10.0 Å². The first kappa shape index (κ1) is 24.7. The molecule has 1 amide bonds. The van der Waals surface area contributed by atoms with Crippen molar-refractivity contribution < 1.29 is 17.9 Å². The average molecular weight is 485 g/mol. The molecular weight excluding hydrogens is 456 g/mol. The average Bonchev–Trinajstić information content (AvgIpc) is 2.84. The van der Waals surface area contributed by atoms with Crippen LogP contribution in [0.15, 0.2) is 82.6 Å². The lowest BCUT2D eigenvalue weighted by atomic mass is 10.1. The Kier molecular flexibility index (Phi) is 8.05. The van der Waals surface area contributed by atoms with Crippen molar-refractivity contribution in [1.29, 1.82) is 0 Å². The van der Waals surface area contributed by atoms with E-state index in [-0.39, 0.29) is 23.4 Å². The molecular formula is C25H28N2O4S2. The largest absolute Gasteiger partial charge is 0.497 e. The Bertz CT molecular complexity index is 1180. The Balaban J connectivity index is 1.74. The number of sulfonamides is 1. The van der Waals surface area contributed by atoms with Crippen molar-refractivity contribution >= 4 is 33.4 Å². The van der Waals surface area contributed by atoms with Crippen LogP contribution in [0, 0.1) is 0 Å². The fourth-order valence-electron chi connectivity index (χ4n) is 3.40. The highest BCUT2D eigenvalue weighted by molar-refractivity contribution is 7.98. The summed E-state index contributed by atoms with van der Waals surface area (Å²) in [4.78, 5) is 13.9. The van der Waals surface area contributed by atoms with Crippen molar-refractivity contribution in [1.82, 2.24) is 5.32 Å². The third-order valence-electron chi connectivity index (χ3n) is 5.32. The summed E-state index contributed by atoms with van der Waals surface area (Å²) in [5, 5.41) is 2.97. The van der Waals surface area contributed by atoms with E-state index in [0.717, 1.165) is 16.2 Å². The molecule has 0 aliphatic heterocycles. The van der Waals surface area contributed by atoms with Crippen molar-refractivity contribution in [2.45, 2.75) is 29.7 Å². The minimum atomic E-state index is -3.71. The summed E-state index contributed by atoms with van der Waals surface area (Å²) < 4.78 is 32.8. The quantitative estimate of drug-likeness (QED) is 0.427. The van der Waals surface area contributed by atoms with Gasteiger partial charge in [0.15, 0.2) is 0 Å². The summed E-state index contributed by atoms with van der Waals surface area (Å²) in [6, 6.07) is 20.7. The smallest absolute Gasteiger partial charge is 0.264 e. The van der Waals surface area contributed by atoms with Gasteiger partial charge in [-0.1, -0.05) is 12.1 Å². The molecule has 0 radical (unpaired) electrons. The molecule has 174 valence electrons. The van der Waals surface area contributed by atoms with E-state index in [0.29, 0.717) is 11.3 Å². The van der Waals surface area contributed by atoms with Gasteiger partial charge in [0, 0.05) is 17.0 Å². The molecule has 3 rings (SSSR count). The fraction of sp³-hybridized carbons (Fsp3) is 0.240. The number of anilines is 1.